The second-order valence-electron chi connectivity index (χ2n) is 5.56. The predicted molar refractivity (Wildman–Crippen MR) is 81.2 cm³/mol. The van der Waals surface area contributed by atoms with E-state index in [1.165, 1.54) is 12.1 Å². The highest BCUT2D eigenvalue weighted by molar-refractivity contribution is 5.95. The van der Waals surface area contributed by atoms with E-state index in [0.717, 1.165) is 25.2 Å². The van der Waals surface area contributed by atoms with Crippen molar-refractivity contribution in [3.05, 3.63) is 59.3 Å². The number of carbonyl (C=O) groups excluding carboxylic acids is 1. The molecule has 2 heterocycles. The van der Waals surface area contributed by atoms with Crippen LogP contribution < -0.4 is 5.32 Å². The maximum absolute atomic E-state index is 13.1. The summed E-state index contributed by atoms with van der Waals surface area (Å²) >= 11 is 0. The summed E-state index contributed by atoms with van der Waals surface area (Å²) in [6, 6.07) is 6.51. The van der Waals surface area contributed by atoms with Crippen molar-refractivity contribution in [2.45, 2.75) is 25.0 Å². The van der Waals surface area contributed by atoms with Crippen molar-refractivity contribution in [3.8, 4) is 0 Å². The first-order chi connectivity index (χ1) is 11.5. The maximum Gasteiger partial charge on any atom is 0.338 e. The van der Waals surface area contributed by atoms with Gasteiger partial charge in [-0.25, -0.2) is 9.18 Å². The van der Waals surface area contributed by atoms with Crippen LogP contribution in [0.1, 0.15) is 45.4 Å². The molecule has 1 aromatic heterocycles. The third-order valence-electron chi connectivity index (χ3n) is 3.92. The molecule has 0 radical (unpaired) electrons. The van der Waals surface area contributed by atoms with Crippen LogP contribution in [0.2, 0.25) is 0 Å². The molecule has 126 valence electrons. The van der Waals surface area contributed by atoms with Crippen LogP contribution in [-0.2, 0) is 4.74 Å². The van der Waals surface area contributed by atoms with E-state index in [-0.39, 0.29) is 23.2 Å². The second kappa shape index (κ2) is 6.84. The molecule has 1 fully saturated rings. The summed E-state index contributed by atoms with van der Waals surface area (Å²) in [6.07, 6.45) is 2.42. The summed E-state index contributed by atoms with van der Waals surface area (Å²) in [5, 5.41) is 11.7. The standard InChI is InChI=1S/C17H16FNO5/c18-12-5-3-10(4-6-12)15(13-2-1-7-23-13)19-16(20)14-8-11(9-24-14)17(21)22/h3-6,8-9,13,15H,1-2,7H2,(H,19,20)(H,21,22)/t13-,15-/m1/s1. The van der Waals surface area contributed by atoms with Gasteiger partial charge in [-0.3, -0.25) is 4.79 Å². The molecule has 7 heteroatoms. The van der Waals surface area contributed by atoms with Gasteiger partial charge in [0.15, 0.2) is 5.76 Å². The first-order valence-electron chi connectivity index (χ1n) is 7.54. The van der Waals surface area contributed by atoms with Crippen LogP contribution in [0.5, 0.6) is 0 Å². The van der Waals surface area contributed by atoms with Crippen LogP contribution >= 0.6 is 0 Å². The molecule has 2 atom stereocenters. The van der Waals surface area contributed by atoms with Crippen LogP contribution in [-0.4, -0.2) is 29.7 Å². The Kier molecular flexibility index (Phi) is 4.61. The molecule has 0 bridgehead atoms. The fraction of sp³-hybridized carbons (Fsp3) is 0.294. The van der Waals surface area contributed by atoms with Crippen LogP contribution in [0.15, 0.2) is 41.0 Å². The van der Waals surface area contributed by atoms with Gasteiger partial charge in [-0.2, -0.15) is 0 Å². The fourth-order valence-electron chi connectivity index (χ4n) is 2.71. The van der Waals surface area contributed by atoms with Crippen molar-refractivity contribution in [1.29, 1.82) is 0 Å². The average molecular weight is 333 g/mol. The van der Waals surface area contributed by atoms with Gasteiger partial charge in [-0.05, 0) is 30.5 Å². The molecule has 0 spiro atoms. The highest BCUT2D eigenvalue weighted by Crippen LogP contribution is 2.27. The lowest BCUT2D eigenvalue weighted by atomic mass is 9.99. The number of carbonyl (C=O) groups is 2. The molecule has 1 aliphatic rings. The molecule has 1 amide bonds. The molecule has 1 aromatic carbocycles. The van der Waals surface area contributed by atoms with Crippen LogP contribution in [0.25, 0.3) is 0 Å². The number of hydrogen-bond acceptors (Lipinski definition) is 4. The minimum absolute atomic E-state index is 0.0995. The molecular formula is C17H16FNO5. The Hall–Kier alpha value is -2.67. The van der Waals surface area contributed by atoms with Crippen LogP contribution in [0, 0.1) is 5.82 Å². The Balaban J connectivity index is 1.81. The zero-order valence-electron chi connectivity index (χ0n) is 12.7. The van der Waals surface area contributed by atoms with Gasteiger partial charge in [0.05, 0.1) is 17.7 Å². The van der Waals surface area contributed by atoms with Gasteiger partial charge in [0, 0.05) is 12.7 Å². The molecule has 1 saturated heterocycles. The van der Waals surface area contributed by atoms with Crippen molar-refractivity contribution < 1.29 is 28.2 Å². The van der Waals surface area contributed by atoms with Crippen molar-refractivity contribution in [2.24, 2.45) is 0 Å². The number of carboxylic acids is 1. The molecule has 6 nitrogen and oxygen atoms in total. The fourth-order valence-corrected chi connectivity index (χ4v) is 2.71. The number of aromatic carboxylic acids is 1. The number of benzene rings is 1. The summed E-state index contributed by atoms with van der Waals surface area (Å²) in [5.74, 6) is -2.19. The van der Waals surface area contributed by atoms with E-state index >= 15 is 0 Å². The van der Waals surface area contributed by atoms with Crippen molar-refractivity contribution in [1.82, 2.24) is 5.32 Å². The summed E-state index contributed by atoms with van der Waals surface area (Å²) in [4.78, 5) is 23.2. The lowest BCUT2D eigenvalue weighted by Crippen LogP contribution is -2.36. The monoisotopic (exact) mass is 333 g/mol. The molecule has 2 aromatic rings. The van der Waals surface area contributed by atoms with Gasteiger partial charge >= 0.3 is 5.97 Å². The third kappa shape index (κ3) is 3.46. The normalized spacial score (nSPS) is 18.3. The zero-order valence-corrected chi connectivity index (χ0v) is 12.7. The lowest BCUT2D eigenvalue weighted by Gasteiger charge is -2.24. The van der Waals surface area contributed by atoms with Gasteiger partial charge in [0.25, 0.3) is 5.91 Å². The number of carboxylic acid groups (broad SMARTS) is 1. The topological polar surface area (TPSA) is 88.8 Å². The van der Waals surface area contributed by atoms with E-state index in [0.29, 0.717) is 12.2 Å². The Morgan fingerprint density at radius 2 is 2.04 bits per heavy atom. The summed E-state index contributed by atoms with van der Waals surface area (Å²) in [5.41, 5.74) is 0.609. The molecule has 2 N–H and O–H groups in total. The zero-order chi connectivity index (χ0) is 17.1. The van der Waals surface area contributed by atoms with E-state index in [1.54, 1.807) is 12.1 Å². The van der Waals surface area contributed by atoms with Gasteiger partial charge < -0.3 is 19.6 Å². The first-order valence-corrected chi connectivity index (χ1v) is 7.54. The van der Waals surface area contributed by atoms with Gasteiger partial charge in [-0.1, -0.05) is 12.1 Å². The Labute approximate surface area is 137 Å². The molecule has 0 saturated carbocycles. The quantitative estimate of drug-likeness (QED) is 0.878. The van der Waals surface area contributed by atoms with E-state index in [2.05, 4.69) is 5.32 Å². The predicted octanol–water partition coefficient (Wildman–Crippen LogP) is 2.77. The highest BCUT2D eigenvalue weighted by atomic mass is 19.1. The summed E-state index contributed by atoms with van der Waals surface area (Å²) in [6.45, 7) is 0.599. The lowest BCUT2D eigenvalue weighted by molar-refractivity contribution is 0.0657. The number of rotatable bonds is 5. The maximum atomic E-state index is 13.1. The molecule has 1 aliphatic heterocycles. The third-order valence-corrected chi connectivity index (χ3v) is 3.92. The SMILES string of the molecule is O=C(O)c1coc(C(=O)N[C@H](c2ccc(F)cc2)[C@H]2CCCO2)c1. The first kappa shape index (κ1) is 16.2. The smallest absolute Gasteiger partial charge is 0.338 e. The van der Waals surface area contributed by atoms with Crippen molar-refractivity contribution in [2.75, 3.05) is 6.61 Å². The van der Waals surface area contributed by atoms with E-state index in [4.69, 9.17) is 14.3 Å². The van der Waals surface area contributed by atoms with E-state index < -0.39 is 17.9 Å². The average Bonchev–Trinajstić information content (AvgIpc) is 3.25. The van der Waals surface area contributed by atoms with Crippen LogP contribution in [0.3, 0.4) is 0 Å². The number of halogens is 1. The summed E-state index contributed by atoms with van der Waals surface area (Å²) < 4.78 is 23.8. The van der Waals surface area contributed by atoms with Crippen molar-refractivity contribution in [3.63, 3.8) is 0 Å². The Morgan fingerprint density at radius 1 is 1.29 bits per heavy atom. The van der Waals surface area contributed by atoms with Crippen LogP contribution in [0.4, 0.5) is 4.39 Å². The van der Waals surface area contributed by atoms with E-state index in [1.807, 2.05) is 0 Å². The number of furan rings is 1. The van der Waals surface area contributed by atoms with Gasteiger partial charge in [0.2, 0.25) is 0 Å². The summed E-state index contributed by atoms with van der Waals surface area (Å²) in [7, 11) is 0. The number of amides is 1. The molecule has 0 unspecified atom stereocenters. The molecule has 3 rings (SSSR count). The second-order valence-corrected chi connectivity index (χ2v) is 5.56. The minimum Gasteiger partial charge on any atom is -0.478 e. The Morgan fingerprint density at radius 3 is 2.62 bits per heavy atom. The number of ether oxygens (including phenoxy) is 1. The largest absolute Gasteiger partial charge is 0.478 e. The molecule has 24 heavy (non-hydrogen) atoms. The highest BCUT2D eigenvalue weighted by Gasteiger charge is 2.30. The number of hydrogen-bond donors (Lipinski definition) is 2. The molecule has 0 aliphatic carbocycles. The van der Waals surface area contributed by atoms with Crippen molar-refractivity contribution >= 4 is 11.9 Å². The minimum atomic E-state index is -1.17. The van der Waals surface area contributed by atoms with Gasteiger partial charge in [0.1, 0.15) is 12.1 Å². The Bertz CT molecular complexity index is 734. The molecular weight excluding hydrogens is 317 g/mol. The van der Waals surface area contributed by atoms with Gasteiger partial charge in [-0.15, -0.1) is 0 Å². The van der Waals surface area contributed by atoms with E-state index in [9.17, 15) is 14.0 Å². The number of nitrogens with one attached hydrogen (secondary N) is 1.